The molecule has 1 rings (SSSR count). The van der Waals surface area contributed by atoms with Crippen molar-refractivity contribution >= 4 is 39.3 Å². The molecule has 0 saturated heterocycles. The molecular formula is C11H10BrClO4. The van der Waals surface area contributed by atoms with Crippen LogP contribution < -0.4 is 0 Å². The topological polar surface area (TPSA) is 74.6 Å². The molecular weight excluding hydrogens is 311 g/mol. The number of rotatable bonds is 5. The van der Waals surface area contributed by atoms with Crippen molar-refractivity contribution in [3.63, 3.8) is 0 Å². The molecule has 1 aromatic rings. The fourth-order valence-electron chi connectivity index (χ4n) is 1.32. The van der Waals surface area contributed by atoms with Crippen LogP contribution in [0.15, 0.2) is 22.7 Å². The van der Waals surface area contributed by atoms with Crippen molar-refractivity contribution < 1.29 is 19.8 Å². The predicted molar refractivity (Wildman–Crippen MR) is 66.2 cm³/mol. The van der Waals surface area contributed by atoms with E-state index in [0.29, 0.717) is 10.0 Å². The Morgan fingerprint density at radius 1 is 1.41 bits per heavy atom. The SMILES string of the molecule is O=C(CCl)Cc1ccc(Br)c(C(O)C(=O)O)c1. The van der Waals surface area contributed by atoms with E-state index in [4.69, 9.17) is 16.7 Å². The number of carboxylic acid groups (broad SMARTS) is 1. The largest absolute Gasteiger partial charge is 0.479 e. The summed E-state index contributed by atoms with van der Waals surface area (Å²) in [6.45, 7) is 0. The summed E-state index contributed by atoms with van der Waals surface area (Å²) in [6, 6.07) is 4.75. The van der Waals surface area contributed by atoms with Crippen LogP contribution in [0.1, 0.15) is 17.2 Å². The van der Waals surface area contributed by atoms with Gasteiger partial charge in [-0.3, -0.25) is 4.79 Å². The molecule has 0 amide bonds. The van der Waals surface area contributed by atoms with Crippen molar-refractivity contribution in [2.45, 2.75) is 12.5 Å². The van der Waals surface area contributed by atoms with Gasteiger partial charge in [0.1, 0.15) is 0 Å². The summed E-state index contributed by atoms with van der Waals surface area (Å²) < 4.78 is 0.481. The van der Waals surface area contributed by atoms with E-state index in [1.807, 2.05) is 0 Å². The van der Waals surface area contributed by atoms with E-state index in [0.717, 1.165) is 0 Å². The number of carboxylic acids is 1. The molecule has 0 heterocycles. The molecule has 0 spiro atoms. The summed E-state index contributed by atoms with van der Waals surface area (Å²) in [5.41, 5.74) is 0.839. The van der Waals surface area contributed by atoms with Crippen LogP contribution in [0.5, 0.6) is 0 Å². The highest BCUT2D eigenvalue weighted by Gasteiger charge is 2.19. The molecule has 2 N–H and O–H groups in total. The Bertz CT molecular complexity index is 447. The minimum Gasteiger partial charge on any atom is -0.479 e. The molecule has 0 bridgehead atoms. The van der Waals surface area contributed by atoms with Gasteiger partial charge in [-0.1, -0.05) is 28.1 Å². The van der Waals surface area contributed by atoms with Gasteiger partial charge in [-0.25, -0.2) is 4.79 Å². The molecule has 0 saturated carbocycles. The molecule has 0 aliphatic carbocycles. The van der Waals surface area contributed by atoms with Crippen molar-refractivity contribution in [1.82, 2.24) is 0 Å². The fraction of sp³-hybridized carbons (Fsp3) is 0.273. The van der Waals surface area contributed by atoms with Crippen molar-refractivity contribution in [3.05, 3.63) is 33.8 Å². The third-order valence-electron chi connectivity index (χ3n) is 2.14. The maximum absolute atomic E-state index is 11.2. The fourth-order valence-corrected chi connectivity index (χ4v) is 1.88. The van der Waals surface area contributed by atoms with E-state index in [9.17, 15) is 14.7 Å². The molecule has 1 aromatic carbocycles. The molecule has 6 heteroatoms. The van der Waals surface area contributed by atoms with Crippen LogP contribution in [0, 0.1) is 0 Å². The van der Waals surface area contributed by atoms with Gasteiger partial charge >= 0.3 is 5.97 Å². The lowest BCUT2D eigenvalue weighted by Gasteiger charge is -2.10. The van der Waals surface area contributed by atoms with Gasteiger partial charge in [0.25, 0.3) is 0 Å². The Hall–Kier alpha value is -0.910. The van der Waals surface area contributed by atoms with E-state index in [1.54, 1.807) is 12.1 Å². The molecule has 1 atom stereocenters. The predicted octanol–water partition coefficient (Wildman–Crippen LogP) is 1.92. The minimum atomic E-state index is -1.62. The van der Waals surface area contributed by atoms with Crippen LogP contribution >= 0.6 is 27.5 Å². The number of aliphatic hydroxyl groups is 1. The number of halogens is 2. The third kappa shape index (κ3) is 3.80. The first kappa shape index (κ1) is 14.2. The second-order valence-corrected chi connectivity index (χ2v) is 4.57. The lowest BCUT2D eigenvalue weighted by atomic mass is 10.0. The number of Topliss-reactive ketones (excluding diaryl/α,β-unsaturated/α-hetero) is 1. The zero-order valence-electron chi connectivity index (χ0n) is 8.69. The molecule has 0 aromatic heterocycles. The summed E-state index contributed by atoms with van der Waals surface area (Å²) in [5.74, 6) is -1.59. The van der Waals surface area contributed by atoms with Gasteiger partial charge in [-0.15, -0.1) is 11.6 Å². The standard InChI is InChI=1S/C11H10BrClO4/c12-9-2-1-6(3-7(14)5-13)4-8(9)10(15)11(16)17/h1-2,4,10,15H,3,5H2,(H,16,17). The maximum atomic E-state index is 11.2. The van der Waals surface area contributed by atoms with Crippen LogP contribution in [-0.4, -0.2) is 27.8 Å². The summed E-state index contributed by atoms with van der Waals surface area (Å²) in [5, 5.41) is 18.2. The zero-order chi connectivity index (χ0) is 13.0. The summed E-state index contributed by atoms with van der Waals surface area (Å²) >= 11 is 8.53. The molecule has 0 radical (unpaired) electrons. The van der Waals surface area contributed by atoms with Crippen LogP contribution in [-0.2, 0) is 16.0 Å². The highest BCUT2D eigenvalue weighted by Crippen LogP contribution is 2.25. The Labute approximate surface area is 111 Å². The van der Waals surface area contributed by atoms with Gasteiger partial charge in [-0.05, 0) is 11.6 Å². The van der Waals surface area contributed by atoms with Crippen molar-refractivity contribution in [2.24, 2.45) is 0 Å². The number of aliphatic carboxylic acids is 1. The number of hydrogen-bond acceptors (Lipinski definition) is 3. The van der Waals surface area contributed by atoms with Gasteiger partial charge in [0.05, 0.1) is 5.88 Å². The Morgan fingerprint density at radius 3 is 2.59 bits per heavy atom. The quantitative estimate of drug-likeness (QED) is 0.813. The summed E-state index contributed by atoms with van der Waals surface area (Å²) in [4.78, 5) is 21.8. The van der Waals surface area contributed by atoms with Gasteiger partial charge in [-0.2, -0.15) is 0 Å². The van der Waals surface area contributed by atoms with Gasteiger partial charge < -0.3 is 10.2 Å². The lowest BCUT2D eigenvalue weighted by molar-refractivity contribution is -0.147. The van der Waals surface area contributed by atoms with E-state index in [2.05, 4.69) is 15.9 Å². The Balaban J connectivity index is 3.02. The average Bonchev–Trinajstić information content (AvgIpc) is 2.30. The second-order valence-electron chi connectivity index (χ2n) is 3.45. The smallest absolute Gasteiger partial charge is 0.337 e. The first-order valence-corrected chi connectivity index (χ1v) is 6.05. The first-order chi connectivity index (χ1) is 7.95. The molecule has 0 aliphatic rings. The zero-order valence-corrected chi connectivity index (χ0v) is 11.0. The monoisotopic (exact) mass is 320 g/mol. The van der Waals surface area contributed by atoms with Gasteiger partial charge in [0.15, 0.2) is 11.9 Å². The number of carbonyl (C=O) groups excluding carboxylic acids is 1. The summed E-state index contributed by atoms with van der Waals surface area (Å²) in [6.07, 6.45) is -1.49. The normalized spacial score (nSPS) is 12.2. The van der Waals surface area contributed by atoms with E-state index < -0.39 is 12.1 Å². The number of hydrogen-bond donors (Lipinski definition) is 2. The number of benzene rings is 1. The lowest BCUT2D eigenvalue weighted by Crippen LogP contribution is -2.12. The number of ketones is 1. The molecule has 0 aliphatic heterocycles. The van der Waals surface area contributed by atoms with Gasteiger partial charge in [0, 0.05) is 16.5 Å². The van der Waals surface area contributed by atoms with Gasteiger partial charge in [0.2, 0.25) is 0 Å². The Kier molecular flexibility index (Phi) is 5.11. The molecule has 92 valence electrons. The van der Waals surface area contributed by atoms with E-state index >= 15 is 0 Å². The number of aliphatic hydroxyl groups excluding tert-OH is 1. The summed E-state index contributed by atoms with van der Waals surface area (Å²) in [7, 11) is 0. The Morgan fingerprint density at radius 2 is 2.06 bits per heavy atom. The molecule has 17 heavy (non-hydrogen) atoms. The number of carbonyl (C=O) groups is 2. The van der Waals surface area contributed by atoms with Crippen LogP contribution in [0.25, 0.3) is 0 Å². The average molecular weight is 322 g/mol. The van der Waals surface area contributed by atoms with E-state index in [1.165, 1.54) is 6.07 Å². The highest BCUT2D eigenvalue weighted by molar-refractivity contribution is 9.10. The van der Waals surface area contributed by atoms with Crippen molar-refractivity contribution in [3.8, 4) is 0 Å². The molecule has 4 nitrogen and oxygen atoms in total. The maximum Gasteiger partial charge on any atom is 0.337 e. The number of alkyl halides is 1. The van der Waals surface area contributed by atoms with E-state index in [-0.39, 0.29) is 23.6 Å². The minimum absolute atomic E-state index is 0.0904. The molecule has 1 unspecified atom stereocenters. The second kappa shape index (κ2) is 6.14. The van der Waals surface area contributed by atoms with Crippen molar-refractivity contribution in [1.29, 1.82) is 0 Å². The highest BCUT2D eigenvalue weighted by atomic mass is 79.9. The van der Waals surface area contributed by atoms with Crippen LogP contribution in [0.4, 0.5) is 0 Å². The van der Waals surface area contributed by atoms with Crippen LogP contribution in [0.3, 0.4) is 0 Å². The van der Waals surface area contributed by atoms with Crippen LogP contribution in [0.2, 0.25) is 0 Å². The molecule has 0 fully saturated rings. The third-order valence-corrected chi connectivity index (χ3v) is 3.16. The van der Waals surface area contributed by atoms with Crippen molar-refractivity contribution in [2.75, 3.05) is 5.88 Å². The first-order valence-electron chi connectivity index (χ1n) is 4.72.